The first kappa shape index (κ1) is 15.8. The average molecular weight is 305 g/mol. The summed E-state index contributed by atoms with van der Waals surface area (Å²) in [4.78, 5) is 12.4. The van der Waals surface area contributed by atoms with E-state index in [0.29, 0.717) is 10.9 Å². The topological polar surface area (TPSA) is 34.9 Å². The van der Waals surface area contributed by atoms with E-state index in [1.54, 1.807) is 4.68 Å². The fraction of sp³-hybridized carbons (Fsp3) is 0.412. The molecule has 0 unspecified atom stereocenters. The Morgan fingerprint density at radius 2 is 1.90 bits per heavy atom. The van der Waals surface area contributed by atoms with Gasteiger partial charge in [-0.15, -0.1) is 0 Å². The van der Waals surface area contributed by atoms with Crippen molar-refractivity contribution in [1.82, 2.24) is 9.78 Å². The molecular weight excluding hydrogens is 284 g/mol. The van der Waals surface area contributed by atoms with Crippen molar-refractivity contribution < 1.29 is 4.79 Å². The molecule has 2 rings (SSSR count). The monoisotopic (exact) mass is 304 g/mol. The van der Waals surface area contributed by atoms with Crippen molar-refractivity contribution >= 4 is 17.4 Å². The third kappa shape index (κ3) is 3.35. The number of benzene rings is 1. The molecule has 0 aliphatic carbocycles. The van der Waals surface area contributed by atoms with Crippen molar-refractivity contribution in [1.29, 1.82) is 0 Å². The van der Waals surface area contributed by atoms with Gasteiger partial charge in [0.15, 0.2) is 5.78 Å². The van der Waals surface area contributed by atoms with E-state index in [1.807, 2.05) is 38.2 Å². The zero-order valence-corrected chi connectivity index (χ0v) is 13.7. The Hall–Kier alpha value is -1.61. The van der Waals surface area contributed by atoms with Crippen LogP contribution in [0.15, 0.2) is 24.3 Å². The summed E-state index contributed by atoms with van der Waals surface area (Å²) >= 11 is 6.29. The number of hydrogen-bond acceptors (Lipinski definition) is 2. The van der Waals surface area contributed by atoms with Gasteiger partial charge in [-0.05, 0) is 17.9 Å². The molecular formula is C17H21ClN2O. The lowest BCUT2D eigenvalue weighted by atomic mass is 9.99. The van der Waals surface area contributed by atoms with Gasteiger partial charge in [0.25, 0.3) is 0 Å². The molecule has 4 heteroatoms. The van der Waals surface area contributed by atoms with Crippen molar-refractivity contribution in [2.75, 3.05) is 0 Å². The second-order valence-electron chi connectivity index (χ2n) is 5.56. The lowest BCUT2D eigenvalue weighted by molar-refractivity contribution is 0.0990. The van der Waals surface area contributed by atoms with Gasteiger partial charge in [-0.3, -0.25) is 9.48 Å². The Balaban J connectivity index is 2.20. The number of carbonyl (C=O) groups is 1. The second kappa shape index (κ2) is 6.44. The molecule has 0 saturated carbocycles. The van der Waals surface area contributed by atoms with Crippen LogP contribution in [0.2, 0.25) is 5.02 Å². The van der Waals surface area contributed by atoms with Crippen LogP contribution in [0, 0.1) is 0 Å². The van der Waals surface area contributed by atoms with Crippen LogP contribution in [0.5, 0.6) is 0 Å². The van der Waals surface area contributed by atoms with E-state index < -0.39 is 0 Å². The zero-order chi connectivity index (χ0) is 15.6. The first-order chi connectivity index (χ1) is 9.93. The van der Waals surface area contributed by atoms with E-state index in [9.17, 15) is 4.79 Å². The quantitative estimate of drug-likeness (QED) is 0.777. The third-order valence-corrected chi connectivity index (χ3v) is 4.17. The van der Waals surface area contributed by atoms with Crippen LogP contribution in [-0.2, 0) is 19.9 Å². The summed E-state index contributed by atoms with van der Waals surface area (Å²) < 4.78 is 1.71. The van der Waals surface area contributed by atoms with Crippen molar-refractivity contribution in [3.8, 4) is 0 Å². The van der Waals surface area contributed by atoms with Gasteiger partial charge in [0.05, 0.1) is 22.8 Å². The Kier molecular flexibility index (Phi) is 4.84. The van der Waals surface area contributed by atoms with Gasteiger partial charge >= 0.3 is 0 Å². The van der Waals surface area contributed by atoms with E-state index in [0.717, 1.165) is 23.4 Å². The number of hydrogen-bond donors (Lipinski definition) is 0. The number of carbonyl (C=O) groups excluding carboxylic acids is 1. The molecule has 1 aromatic carbocycles. The molecule has 2 aromatic rings. The summed E-state index contributed by atoms with van der Waals surface area (Å²) in [7, 11) is 1.83. The fourth-order valence-corrected chi connectivity index (χ4v) is 2.68. The second-order valence-corrected chi connectivity index (χ2v) is 5.94. The molecule has 0 saturated heterocycles. The lowest BCUT2D eigenvalue weighted by Crippen LogP contribution is -2.08. The molecule has 0 amide bonds. The molecule has 0 aliphatic heterocycles. The van der Waals surface area contributed by atoms with E-state index in [2.05, 4.69) is 18.9 Å². The molecule has 21 heavy (non-hydrogen) atoms. The van der Waals surface area contributed by atoms with Crippen LogP contribution in [-0.4, -0.2) is 15.6 Å². The molecule has 1 heterocycles. The normalized spacial score (nSPS) is 11.1. The highest BCUT2D eigenvalue weighted by Crippen LogP contribution is 2.23. The van der Waals surface area contributed by atoms with Crippen LogP contribution < -0.4 is 0 Å². The summed E-state index contributed by atoms with van der Waals surface area (Å²) in [5.74, 6) is 0.533. The van der Waals surface area contributed by atoms with Crippen LogP contribution in [0.1, 0.15) is 54.0 Å². The van der Waals surface area contributed by atoms with E-state index >= 15 is 0 Å². The van der Waals surface area contributed by atoms with Crippen molar-refractivity contribution in [3.63, 3.8) is 0 Å². The highest BCUT2D eigenvalue weighted by molar-refractivity contribution is 6.32. The predicted molar refractivity (Wildman–Crippen MR) is 86.2 cm³/mol. The van der Waals surface area contributed by atoms with E-state index in [1.165, 1.54) is 5.56 Å². The van der Waals surface area contributed by atoms with Crippen LogP contribution in [0.25, 0.3) is 0 Å². The highest BCUT2D eigenvalue weighted by Gasteiger charge is 2.17. The standard InChI is InChI=1S/C17H21ClN2O/c1-5-14-17(18)15(20(4)19-14)10-16(21)13-8-6-12(7-9-13)11(2)3/h6-9,11H,5,10H2,1-4H3. The number of aromatic nitrogens is 2. The summed E-state index contributed by atoms with van der Waals surface area (Å²) in [5.41, 5.74) is 3.58. The third-order valence-electron chi connectivity index (χ3n) is 3.73. The maximum atomic E-state index is 12.4. The van der Waals surface area contributed by atoms with Gasteiger partial charge in [-0.2, -0.15) is 5.10 Å². The van der Waals surface area contributed by atoms with Gasteiger partial charge in [0.1, 0.15) is 0 Å². The van der Waals surface area contributed by atoms with Crippen LogP contribution in [0.3, 0.4) is 0 Å². The molecule has 0 spiro atoms. The van der Waals surface area contributed by atoms with Gasteiger partial charge < -0.3 is 0 Å². The molecule has 0 bridgehead atoms. The van der Waals surface area contributed by atoms with Crippen molar-refractivity contribution in [2.24, 2.45) is 7.05 Å². The summed E-state index contributed by atoms with van der Waals surface area (Å²) in [6.07, 6.45) is 1.05. The number of aryl methyl sites for hydroxylation is 2. The van der Waals surface area contributed by atoms with Gasteiger partial charge in [0, 0.05) is 12.6 Å². The minimum absolute atomic E-state index is 0.0675. The first-order valence-corrected chi connectivity index (χ1v) is 7.65. The smallest absolute Gasteiger partial charge is 0.168 e. The minimum atomic E-state index is 0.0675. The highest BCUT2D eigenvalue weighted by atomic mass is 35.5. The first-order valence-electron chi connectivity index (χ1n) is 7.27. The van der Waals surface area contributed by atoms with Crippen molar-refractivity contribution in [3.05, 3.63) is 51.8 Å². The largest absolute Gasteiger partial charge is 0.294 e. The number of nitrogens with zero attached hydrogens (tertiary/aromatic N) is 2. The van der Waals surface area contributed by atoms with E-state index in [4.69, 9.17) is 11.6 Å². The number of Topliss-reactive ketones (excluding diaryl/α,β-unsaturated/α-hetero) is 1. The number of halogens is 1. The Morgan fingerprint density at radius 3 is 2.38 bits per heavy atom. The molecule has 112 valence electrons. The molecule has 0 N–H and O–H groups in total. The summed E-state index contributed by atoms with van der Waals surface area (Å²) in [6.45, 7) is 6.28. The zero-order valence-electron chi connectivity index (χ0n) is 13.0. The Labute approximate surface area is 130 Å². The maximum absolute atomic E-state index is 12.4. The molecule has 1 aromatic heterocycles. The Bertz CT molecular complexity index is 642. The van der Waals surface area contributed by atoms with Gasteiger partial charge in [-0.1, -0.05) is 56.6 Å². The maximum Gasteiger partial charge on any atom is 0.168 e. The minimum Gasteiger partial charge on any atom is -0.294 e. The van der Waals surface area contributed by atoms with Crippen molar-refractivity contribution in [2.45, 2.75) is 39.5 Å². The van der Waals surface area contributed by atoms with Crippen LogP contribution in [0.4, 0.5) is 0 Å². The fourth-order valence-electron chi connectivity index (χ4n) is 2.32. The van der Waals surface area contributed by atoms with Gasteiger partial charge in [-0.25, -0.2) is 0 Å². The molecule has 0 aliphatic rings. The molecule has 0 radical (unpaired) electrons. The Morgan fingerprint density at radius 1 is 1.29 bits per heavy atom. The lowest BCUT2D eigenvalue weighted by Gasteiger charge is -2.07. The predicted octanol–water partition coefficient (Wildman–Crippen LogP) is 4.18. The molecule has 0 atom stereocenters. The average Bonchev–Trinajstić information content (AvgIpc) is 2.74. The number of rotatable bonds is 5. The van der Waals surface area contributed by atoms with Crippen LogP contribution >= 0.6 is 11.6 Å². The van der Waals surface area contributed by atoms with Gasteiger partial charge in [0.2, 0.25) is 0 Å². The molecule has 0 fully saturated rings. The number of ketones is 1. The summed E-state index contributed by atoms with van der Waals surface area (Å²) in [5, 5.41) is 4.96. The van der Waals surface area contributed by atoms with E-state index in [-0.39, 0.29) is 12.2 Å². The SMILES string of the molecule is CCc1nn(C)c(CC(=O)c2ccc(C(C)C)cc2)c1Cl. The molecule has 3 nitrogen and oxygen atoms in total. The summed E-state index contributed by atoms with van der Waals surface area (Å²) in [6, 6.07) is 7.81.